The summed E-state index contributed by atoms with van der Waals surface area (Å²) in [5.41, 5.74) is 6.48. The van der Waals surface area contributed by atoms with Gasteiger partial charge in [0.1, 0.15) is 5.82 Å². The van der Waals surface area contributed by atoms with E-state index < -0.39 is 5.82 Å². The summed E-state index contributed by atoms with van der Waals surface area (Å²) in [6.07, 6.45) is 1.09. The van der Waals surface area contributed by atoms with Crippen LogP contribution in [0.1, 0.15) is 5.56 Å². The standard InChI is InChI=1S/C13H13FN2O2/c1-17-12-6-9(7-15)2-4-11(12)18-13-5-3-10(14)8-16-13/h2-6,8H,7,15H2,1H3. The molecule has 0 saturated carbocycles. The number of aromatic nitrogens is 1. The Hall–Kier alpha value is -2.14. The molecule has 0 saturated heterocycles. The summed E-state index contributed by atoms with van der Waals surface area (Å²) in [6.45, 7) is 0.422. The maximum atomic E-state index is 12.7. The Balaban J connectivity index is 2.25. The predicted molar refractivity (Wildman–Crippen MR) is 65.2 cm³/mol. The first-order valence-electron chi connectivity index (χ1n) is 5.39. The van der Waals surface area contributed by atoms with Gasteiger partial charge in [0.25, 0.3) is 0 Å². The Morgan fingerprint density at radius 1 is 1.22 bits per heavy atom. The zero-order chi connectivity index (χ0) is 13.0. The topological polar surface area (TPSA) is 57.4 Å². The number of ether oxygens (including phenoxy) is 2. The minimum Gasteiger partial charge on any atom is -0.493 e. The van der Waals surface area contributed by atoms with Crippen molar-refractivity contribution >= 4 is 0 Å². The first kappa shape index (κ1) is 12.3. The molecular formula is C13H13FN2O2. The SMILES string of the molecule is COc1cc(CN)ccc1Oc1ccc(F)cn1. The van der Waals surface area contributed by atoms with Crippen molar-refractivity contribution in [3.63, 3.8) is 0 Å². The van der Waals surface area contributed by atoms with Crippen LogP contribution in [0.5, 0.6) is 17.4 Å². The number of hydrogen-bond donors (Lipinski definition) is 1. The lowest BCUT2D eigenvalue weighted by atomic mass is 10.2. The third-order valence-electron chi connectivity index (χ3n) is 2.38. The van der Waals surface area contributed by atoms with Gasteiger partial charge in [-0.1, -0.05) is 6.07 Å². The van der Waals surface area contributed by atoms with Crippen molar-refractivity contribution in [3.8, 4) is 17.4 Å². The molecule has 0 unspecified atom stereocenters. The smallest absolute Gasteiger partial charge is 0.219 e. The highest BCUT2D eigenvalue weighted by Gasteiger charge is 2.07. The summed E-state index contributed by atoms with van der Waals surface area (Å²) in [6, 6.07) is 8.10. The molecule has 0 aliphatic heterocycles. The molecular weight excluding hydrogens is 235 g/mol. The summed E-state index contributed by atoms with van der Waals surface area (Å²) in [5, 5.41) is 0. The quantitative estimate of drug-likeness (QED) is 0.903. The van der Waals surface area contributed by atoms with Crippen LogP contribution >= 0.6 is 0 Å². The van der Waals surface area contributed by atoms with Gasteiger partial charge in [0.05, 0.1) is 13.3 Å². The second kappa shape index (κ2) is 5.46. The van der Waals surface area contributed by atoms with Crippen LogP contribution in [-0.4, -0.2) is 12.1 Å². The van der Waals surface area contributed by atoms with Gasteiger partial charge in [0.2, 0.25) is 5.88 Å². The van der Waals surface area contributed by atoms with E-state index >= 15 is 0 Å². The minimum atomic E-state index is -0.409. The maximum absolute atomic E-state index is 12.7. The van der Waals surface area contributed by atoms with Gasteiger partial charge in [-0.15, -0.1) is 0 Å². The minimum absolute atomic E-state index is 0.301. The van der Waals surface area contributed by atoms with Gasteiger partial charge < -0.3 is 15.2 Å². The van der Waals surface area contributed by atoms with Gasteiger partial charge >= 0.3 is 0 Å². The van der Waals surface area contributed by atoms with Crippen LogP contribution in [0.2, 0.25) is 0 Å². The van der Waals surface area contributed by atoms with Crippen molar-refractivity contribution in [2.75, 3.05) is 7.11 Å². The third kappa shape index (κ3) is 2.75. The number of rotatable bonds is 4. The number of hydrogen-bond acceptors (Lipinski definition) is 4. The molecule has 5 heteroatoms. The molecule has 2 aromatic rings. The highest BCUT2D eigenvalue weighted by Crippen LogP contribution is 2.31. The Morgan fingerprint density at radius 2 is 2.06 bits per heavy atom. The molecule has 1 heterocycles. The zero-order valence-electron chi connectivity index (χ0n) is 9.89. The third-order valence-corrected chi connectivity index (χ3v) is 2.38. The number of nitrogens with zero attached hydrogens (tertiary/aromatic N) is 1. The average molecular weight is 248 g/mol. The maximum Gasteiger partial charge on any atom is 0.219 e. The summed E-state index contributed by atoms with van der Waals surface area (Å²) in [7, 11) is 1.54. The van der Waals surface area contributed by atoms with E-state index in [9.17, 15) is 4.39 Å². The lowest BCUT2D eigenvalue weighted by Crippen LogP contribution is -1.98. The van der Waals surface area contributed by atoms with Gasteiger partial charge in [-0.3, -0.25) is 0 Å². The molecule has 94 valence electrons. The van der Waals surface area contributed by atoms with Crippen molar-refractivity contribution in [2.24, 2.45) is 5.73 Å². The molecule has 0 radical (unpaired) electrons. The molecule has 2 N–H and O–H groups in total. The van der Waals surface area contributed by atoms with Crippen molar-refractivity contribution < 1.29 is 13.9 Å². The molecule has 2 rings (SSSR count). The molecule has 0 atom stereocenters. The van der Waals surface area contributed by atoms with Crippen LogP contribution in [0.15, 0.2) is 36.5 Å². The molecule has 0 bridgehead atoms. The molecule has 0 aliphatic carbocycles. The molecule has 0 aliphatic rings. The van der Waals surface area contributed by atoms with E-state index in [4.69, 9.17) is 15.2 Å². The highest BCUT2D eigenvalue weighted by atomic mass is 19.1. The number of methoxy groups -OCH3 is 1. The van der Waals surface area contributed by atoms with Gasteiger partial charge in [-0.05, 0) is 23.8 Å². The van der Waals surface area contributed by atoms with Gasteiger partial charge in [0.15, 0.2) is 11.5 Å². The molecule has 1 aromatic carbocycles. The number of nitrogens with two attached hydrogens (primary N) is 1. The lowest BCUT2D eigenvalue weighted by molar-refractivity contribution is 0.373. The first-order chi connectivity index (χ1) is 8.72. The van der Waals surface area contributed by atoms with E-state index in [1.165, 1.54) is 12.1 Å². The van der Waals surface area contributed by atoms with Crippen LogP contribution in [0, 0.1) is 5.82 Å². The monoisotopic (exact) mass is 248 g/mol. The molecule has 1 aromatic heterocycles. The lowest BCUT2D eigenvalue weighted by Gasteiger charge is -2.10. The largest absolute Gasteiger partial charge is 0.493 e. The number of benzene rings is 1. The van der Waals surface area contributed by atoms with Crippen molar-refractivity contribution in [2.45, 2.75) is 6.54 Å². The van der Waals surface area contributed by atoms with E-state index in [2.05, 4.69) is 4.98 Å². The normalized spacial score (nSPS) is 10.2. The number of halogens is 1. The fourth-order valence-corrected chi connectivity index (χ4v) is 1.46. The summed E-state index contributed by atoms with van der Waals surface area (Å²) in [4.78, 5) is 3.81. The Morgan fingerprint density at radius 3 is 2.67 bits per heavy atom. The second-order valence-electron chi connectivity index (χ2n) is 3.61. The molecule has 0 spiro atoms. The van der Waals surface area contributed by atoms with E-state index in [0.29, 0.717) is 23.9 Å². The Labute approximate surface area is 104 Å². The molecule has 18 heavy (non-hydrogen) atoms. The zero-order valence-corrected chi connectivity index (χ0v) is 9.89. The summed E-state index contributed by atoms with van der Waals surface area (Å²) < 4.78 is 23.4. The van der Waals surface area contributed by atoms with Crippen molar-refractivity contribution in [3.05, 3.63) is 47.9 Å². The summed E-state index contributed by atoms with van der Waals surface area (Å²) >= 11 is 0. The summed E-state index contributed by atoms with van der Waals surface area (Å²) in [5.74, 6) is 0.959. The van der Waals surface area contributed by atoms with E-state index in [-0.39, 0.29) is 0 Å². The van der Waals surface area contributed by atoms with E-state index in [1.807, 2.05) is 6.07 Å². The van der Waals surface area contributed by atoms with Crippen LogP contribution in [0.3, 0.4) is 0 Å². The molecule has 0 fully saturated rings. The van der Waals surface area contributed by atoms with Gasteiger partial charge in [0, 0.05) is 12.6 Å². The van der Waals surface area contributed by atoms with Crippen molar-refractivity contribution in [1.29, 1.82) is 0 Å². The molecule has 0 amide bonds. The van der Waals surface area contributed by atoms with Crippen LogP contribution < -0.4 is 15.2 Å². The number of pyridine rings is 1. The average Bonchev–Trinajstić information content (AvgIpc) is 2.41. The Bertz CT molecular complexity index is 529. The van der Waals surface area contributed by atoms with Gasteiger partial charge in [-0.2, -0.15) is 0 Å². The van der Waals surface area contributed by atoms with Crippen LogP contribution in [-0.2, 0) is 6.54 Å². The van der Waals surface area contributed by atoms with Gasteiger partial charge in [-0.25, -0.2) is 9.37 Å². The van der Waals surface area contributed by atoms with Crippen molar-refractivity contribution in [1.82, 2.24) is 4.98 Å². The van der Waals surface area contributed by atoms with Crippen LogP contribution in [0.25, 0.3) is 0 Å². The van der Waals surface area contributed by atoms with E-state index in [1.54, 1.807) is 19.2 Å². The van der Waals surface area contributed by atoms with E-state index in [0.717, 1.165) is 11.8 Å². The molecule has 4 nitrogen and oxygen atoms in total. The predicted octanol–water partition coefficient (Wildman–Crippen LogP) is 2.48. The second-order valence-corrected chi connectivity index (χ2v) is 3.61. The fraction of sp³-hybridized carbons (Fsp3) is 0.154. The first-order valence-corrected chi connectivity index (χ1v) is 5.39. The fourth-order valence-electron chi connectivity index (χ4n) is 1.46. The van der Waals surface area contributed by atoms with Crippen LogP contribution in [0.4, 0.5) is 4.39 Å². The Kier molecular flexibility index (Phi) is 3.74. The highest BCUT2D eigenvalue weighted by molar-refractivity contribution is 5.44.